The van der Waals surface area contributed by atoms with Crippen LogP contribution in [-0.2, 0) is 14.3 Å². The molecule has 0 aromatic carbocycles. The Morgan fingerprint density at radius 1 is 1.35 bits per heavy atom. The number of carbonyl (C=O) groups excluding carboxylic acids is 2. The van der Waals surface area contributed by atoms with Crippen molar-refractivity contribution in [1.82, 2.24) is 15.5 Å². The van der Waals surface area contributed by atoms with Gasteiger partial charge in [-0.2, -0.15) is 0 Å². The Hall–Kier alpha value is -1.14. The number of fused-ring (bicyclic) bond motifs is 1. The standard InChI is InChI=1S/C14H25N3O3/c1-10(18)16-13(14(19)20-2)9-15-11-5-7-17-6-3-4-12(17)8-11/h11-13,15H,3-9H2,1-2H3,(H,16,18). The number of ether oxygens (including phenoxy) is 1. The summed E-state index contributed by atoms with van der Waals surface area (Å²) >= 11 is 0. The van der Waals surface area contributed by atoms with Crippen molar-refractivity contribution >= 4 is 11.9 Å². The van der Waals surface area contributed by atoms with E-state index in [4.69, 9.17) is 4.74 Å². The summed E-state index contributed by atoms with van der Waals surface area (Å²) in [6.07, 6.45) is 4.82. The van der Waals surface area contributed by atoms with E-state index >= 15 is 0 Å². The Bertz CT molecular complexity index is 362. The van der Waals surface area contributed by atoms with Gasteiger partial charge in [0.15, 0.2) is 0 Å². The van der Waals surface area contributed by atoms with E-state index in [2.05, 4.69) is 15.5 Å². The van der Waals surface area contributed by atoms with Crippen LogP contribution < -0.4 is 10.6 Å². The maximum Gasteiger partial charge on any atom is 0.329 e. The van der Waals surface area contributed by atoms with Gasteiger partial charge in [-0.25, -0.2) is 4.79 Å². The fraction of sp³-hybridized carbons (Fsp3) is 0.857. The van der Waals surface area contributed by atoms with Crippen molar-refractivity contribution in [2.75, 3.05) is 26.7 Å². The van der Waals surface area contributed by atoms with Gasteiger partial charge >= 0.3 is 5.97 Å². The minimum absolute atomic E-state index is 0.215. The van der Waals surface area contributed by atoms with Gasteiger partial charge < -0.3 is 20.3 Å². The second-order valence-corrected chi connectivity index (χ2v) is 5.74. The highest BCUT2D eigenvalue weighted by Gasteiger charge is 2.32. The molecule has 3 atom stereocenters. The second kappa shape index (κ2) is 7.04. The highest BCUT2D eigenvalue weighted by atomic mass is 16.5. The number of hydrogen-bond donors (Lipinski definition) is 2. The van der Waals surface area contributed by atoms with Crippen LogP contribution in [0.25, 0.3) is 0 Å². The molecule has 0 aromatic rings. The van der Waals surface area contributed by atoms with Crippen molar-refractivity contribution in [2.24, 2.45) is 0 Å². The zero-order chi connectivity index (χ0) is 14.5. The number of nitrogens with one attached hydrogen (secondary N) is 2. The molecular formula is C14H25N3O3. The van der Waals surface area contributed by atoms with Crippen LogP contribution in [0.5, 0.6) is 0 Å². The van der Waals surface area contributed by atoms with Crippen LogP contribution in [0.4, 0.5) is 0 Å². The van der Waals surface area contributed by atoms with Crippen molar-refractivity contribution < 1.29 is 14.3 Å². The summed E-state index contributed by atoms with van der Waals surface area (Å²) in [5.41, 5.74) is 0. The average molecular weight is 283 g/mol. The van der Waals surface area contributed by atoms with Gasteiger partial charge in [-0.3, -0.25) is 4.79 Å². The molecule has 0 spiro atoms. The predicted octanol–water partition coefficient (Wildman–Crippen LogP) is -0.119. The maximum absolute atomic E-state index is 11.6. The van der Waals surface area contributed by atoms with Gasteiger partial charge in [0.1, 0.15) is 6.04 Å². The van der Waals surface area contributed by atoms with Crippen molar-refractivity contribution in [3.05, 3.63) is 0 Å². The number of piperidine rings is 1. The number of amides is 1. The second-order valence-electron chi connectivity index (χ2n) is 5.74. The first-order chi connectivity index (χ1) is 9.60. The summed E-state index contributed by atoms with van der Waals surface area (Å²) in [6.45, 7) is 4.20. The van der Waals surface area contributed by atoms with Gasteiger partial charge in [0, 0.05) is 25.6 Å². The van der Waals surface area contributed by atoms with E-state index in [0.29, 0.717) is 18.6 Å². The molecule has 2 heterocycles. The molecule has 2 N–H and O–H groups in total. The Kier molecular flexibility index (Phi) is 5.37. The van der Waals surface area contributed by atoms with Crippen LogP contribution in [0.15, 0.2) is 0 Å². The molecule has 6 nitrogen and oxygen atoms in total. The molecule has 0 saturated carbocycles. The Morgan fingerprint density at radius 3 is 2.85 bits per heavy atom. The maximum atomic E-state index is 11.6. The first-order valence-corrected chi connectivity index (χ1v) is 7.42. The molecular weight excluding hydrogens is 258 g/mol. The predicted molar refractivity (Wildman–Crippen MR) is 75.2 cm³/mol. The number of rotatable bonds is 5. The molecule has 2 fully saturated rings. The largest absolute Gasteiger partial charge is 0.467 e. The average Bonchev–Trinajstić information content (AvgIpc) is 2.89. The third-order valence-corrected chi connectivity index (χ3v) is 4.29. The molecule has 0 bridgehead atoms. The van der Waals surface area contributed by atoms with Gasteiger partial charge in [0.2, 0.25) is 5.91 Å². The van der Waals surface area contributed by atoms with E-state index in [1.54, 1.807) is 0 Å². The summed E-state index contributed by atoms with van der Waals surface area (Å²) in [5, 5.41) is 6.04. The first kappa shape index (κ1) is 15.3. The lowest BCUT2D eigenvalue weighted by Gasteiger charge is -2.35. The fourth-order valence-corrected chi connectivity index (χ4v) is 3.28. The molecule has 2 aliphatic rings. The monoisotopic (exact) mass is 283 g/mol. The number of esters is 1. The van der Waals surface area contributed by atoms with Gasteiger partial charge in [0.05, 0.1) is 7.11 Å². The van der Waals surface area contributed by atoms with E-state index in [-0.39, 0.29) is 5.91 Å². The van der Waals surface area contributed by atoms with Crippen LogP contribution in [0.3, 0.4) is 0 Å². The molecule has 114 valence electrons. The highest BCUT2D eigenvalue weighted by molar-refractivity contribution is 5.83. The van der Waals surface area contributed by atoms with Crippen molar-refractivity contribution in [1.29, 1.82) is 0 Å². The molecule has 1 amide bonds. The molecule has 6 heteroatoms. The summed E-state index contributed by atoms with van der Waals surface area (Å²) in [6, 6.07) is 0.521. The SMILES string of the molecule is COC(=O)C(CNC1CCN2CCCC2C1)NC(C)=O. The van der Waals surface area contributed by atoms with Crippen LogP contribution in [0.1, 0.15) is 32.6 Å². The molecule has 2 aliphatic heterocycles. The topological polar surface area (TPSA) is 70.7 Å². The van der Waals surface area contributed by atoms with Gasteiger partial charge in [-0.05, 0) is 38.8 Å². The van der Waals surface area contributed by atoms with E-state index in [0.717, 1.165) is 19.4 Å². The minimum Gasteiger partial charge on any atom is -0.467 e. The molecule has 0 radical (unpaired) electrons. The quantitative estimate of drug-likeness (QED) is 0.688. The molecule has 2 rings (SSSR count). The zero-order valence-electron chi connectivity index (χ0n) is 12.4. The van der Waals surface area contributed by atoms with E-state index in [9.17, 15) is 9.59 Å². The number of nitrogens with zero attached hydrogens (tertiary/aromatic N) is 1. The van der Waals surface area contributed by atoms with Gasteiger partial charge in [0.25, 0.3) is 0 Å². The number of hydrogen-bond acceptors (Lipinski definition) is 5. The van der Waals surface area contributed by atoms with Crippen LogP contribution in [-0.4, -0.2) is 61.6 Å². The van der Waals surface area contributed by atoms with E-state index < -0.39 is 12.0 Å². The number of carbonyl (C=O) groups is 2. The van der Waals surface area contributed by atoms with Crippen molar-refractivity contribution in [3.63, 3.8) is 0 Å². The Morgan fingerprint density at radius 2 is 2.15 bits per heavy atom. The number of methoxy groups -OCH3 is 1. The van der Waals surface area contributed by atoms with Crippen molar-refractivity contribution in [2.45, 2.75) is 50.7 Å². The first-order valence-electron chi connectivity index (χ1n) is 7.42. The third-order valence-electron chi connectivity index (χ3n) is 4.29. The molecule has 0 aromatic heterocycles. The molecule has 20 heavy (non-hydrogen) atoms. The zero-order valence-corrected chi connectivity index (χ0v) is 12.4. The van der Waals surface area contributed by atoms with Gasteiger partial charge in [-0.1, -0.05) is 0 Å². The van der Waals surface area contributed by atoms with E-state index in [1.807, 2.05) is 0 Å². The van der Waals surface area contributed by atoms with Crippen LogP contribution in [0, 0.1) is 0 Å². The lowest BCUT2D eigenvalue weighted by molar-refractivity contribution is -0.144. The lowest BCUT2D eigenvalue weighted by Crippen LogP contribution is -2.52. The molecule has 3 unspecified atom stereocenters. The molecule has 2 saturated heterocycles. The van der Waals surface area contributed by atoms with Crippen LogP contribution in [0.2, 0.25) is 0 Å². The highest BCUT2D eigenvalue weighted by Crippen LogP contribution is 2.26. The Labute approximate surface area is 120 Å². The normalized spacial score (nSPS) is 27.7. The minimum atomic E-state index is -0.598. The summed E-state index contributed by atoms with van der Waals surface area (Å²) in [4.78, 5) is 25.3. The van der Waals surface area contributed by atoms with Crippen LogP contribution >= 0.6 is 0 Å². The Balaban J connectivity index is 1.79. The summed E-state index contributed by atoms with van der Waals surface area (Å²) in [5.74, 6) is -0.612. The third kappa shape index (κ3) is 3.93. The lowest BCUT2D eigenvalue weighted by atomic mass is 9.97. The van der Waals surface area contributed by atoms with Gasteiger partial charge in [-0.15, -0.1) is 0 Å². The summed E-state index contributed by atoms with van der Waals surface area (Å²) in [7, 11) is 1.34. The smallest absolute Gasteiger partial charge is 0.329 e. The van der Waals surface area contributed by atoms with Crippen molar-refractivity contribution in [3.8, 4) is 0 Å². The van der Waals surface area contributed by atoms with E-state index in [1.165, 1.54) is 33.4 Å². The molecule has 0 aliphatic carbocycles. The fourth-order valence-electron chi connectivity index (χ4n) is 3.28. The summed E-state index contributed by atoms with van der Waals surface area (Å²) < 4.78 is 4.72.